The number of benzene rings is 2. The van der Waals surface area contributed by atoms with Crippen LogP contribution in [0.15, 0.2) is 60.9 Å². The molecule has 17 heteroatoms. The standard InChI is InChI=1S/C43H47F2N11O4/c1-25(2)56-26(3)48-39-32(44)20-30(21-35(39)56)38-33(45)23-47-43(52-38)50-36-10-4-27(22-46-36)24-53-16-18-55(19-17-53)42(60)29-12-14-54(15-13-29)31-7-5-28(6-8-31)40(58)49-34-9-11-37(57)51-41(34)59/h4-8,10,20-23,25,29,34H,9,11-19,24H2,1-3H3,(H,49,58)(H,51,57,59)(H,46,47,50,52). The first-order valence-corrected chi connectivity index (χ1v) is 20.3. The van der Waals surface area contributed by atoms with Gasteiger partial charge in [-0.15, -0.1) is 0 Å². The Hall–Kier alpha value is -6.36. The molecule has 0 radical (unpaired) electrons. The van der Waals surface area contributed by atoms with E-state index in [2.05, 4.69) is 45.7 Å². The quantitative estimate of drug-likeness (QED) is 0.164. The van der Waals surface area contributed by atoms with Crippen LogP contribution in [0.25, 0.3) is 22.3 Å². The zero-order valence-electron chi connectivity index (χ0n) is 33.8. The second-order valence-corrected chi connectivity index (χ2v) is 15.9. The zero-order valence-corrected chi connectivity index (χ0v) is 33.8. The second-order valence-electron chi connectivity index (χ2n) is 15.9. The van der Waals surface area contributed by atoms with Gasteiger partial charge in [0.1, 0.15) is 28.9 Å². The Morgan fingerprint density at radius 3 is 2.32 bits per heavy atom. The number of pyridine rings is 1. The molecule has 3 fully saturated rings. The van der Waals surface area contributed by atoms with E-state index in [1.165, 1.54) is 6.07 Å². The molecular formula is C43H47F2N11O4. The number of imidazole rings is 1. The summed E-state index contributed by atoms with van der Waals surface area (Å²) >= 11 is 0. The molecule has 3 aliphatic rings. The smallest absolute Gasteiger partial charge is 0.251 e. The van der Waals surface area contributed by atoms with Crippen LogP contribution in [0.5, 0.6) is 0 Å². The van der Waals surface area contributed by atoms with Gasteiger partial charge in [0, 0.05) is 87.2 Å². The van der Waals surface area contributed by atoms with Gasteiger partial charge in [-0.2, -0.15) is 0 Å². The number of aryl methyl sites for hydroxylation is 1. The molecule has 3 N–H and O–H groups in total. The molecule has 0 bridgehead atoms. The molecular weight excluding hydrogens is 773 g/mol. The number of hydrogen-bond acceptors (Lipinski definition) is 11. The molecule has 3 aliphatic heterocycles. The monoisotopic (exact) mass is 819 g/mol. The van der Waals surface area contributed by atoms with Crippen LogP contribution < -0.4 is 20.9 Å². The molecule has 15 nitrogen and oxygen atoms in total. The molecule has 4 amide bonds. The van der Waals surface area contributed by atoms with E-state index >= 15 is 8.78 Å². The molecule has 2 aromatic carbocycles. The minimum Gasteiger partial charge on any atom is -0.371 e. The number of halogens is 2. The maximum Gasteiger partial charge on any atom is 0.251 e. The van der Waals surface area contributed by atoms with Crippen molar-refractivity contribution in [2.24, 2.45) is 5.92 Å². The lowest BCUT2D eigenvalue weighted by molar-refractivity contribution is -0.138. The van der Waals surface area contributed by atoms with Gasteiger partial charge in [0.05, 0.1) is 11.7 Å². The average molecular weight is 820 g/mol. The Morgan fingerprint density at radius 1 is 0.883 bits per heavy atom. The first-order chi connectivity index (χ1) is 28.9. The highest BCUT2D eigenvalue weighted by Gasteiger charge is 2.31. The molecule has 0 aliphatic carbocycles. The maximum absolute atomic E-state index is 15.1. The summed E-state index contributed by atoms with van der Waals surface area (Å²) in [7, 11) is 0. The van der Waals surface area contributed by atoms with Crippen LogP contribution in [0.2, 0.25) is 0 Å². The molecule has 0 spiro atoms. The first-order valence-electron chi connectivity index (χ1n) is 20.3. The van der Waals surface area contributed by atoms with Crippen LogP contribution in [0.3, 0.4) is 0 Å². The van der Waals surface area contributed by atoms with Crippen molar-refractivity contribution in [1.82, 2.24) is 44.9 Å². The topological polar surface area (TPSA) is 171 Å². The van der Waals surface area contributed by atoms with Crippen molar-refractivity contribution < 1.29 is 28.0 Å². The third-order valence-electron chi connectivity index (χ3n) is 11.5. The number of anilines is 3. The summed E-state index contributed by atoms with van der Waals surface area (Å²) in [5.41, 5.74) is 3.43. The number of imide groups is 1. The number of nitrogens with one attached hydrogen (secondary N) is 3. The van der Waals surface area contributed by atoms with Gasteiger partial charge in [-0.3, -0.25) is 29.4 Å². The number of hydrogen-bond donors (Lipinski definition) is 3. The van der Waals surface area contributed by atoms with Crippen molar-refractivity contribution in [1.29, 1.82) is 0 Å². The van der Waals surface area contributed by atoms with E-state index in [1.54, 1.807) is 30.5 Å². The van der Waals surface area contributed by atoms with Crippen LogP contribution in [0.4, 0.5) is 26.2 Å². The number of aromatic nitrogens is 5. The Kier molecular flexibility index (Phi) is 11.5. The number of fused-ring (bicyclic) bond motifs is 1. The van der Waals surface area contributed by atoms with Crippen molar-refractivity contribution in [2.75, 3.05) is 49.5 Å². The van der Waals surface area contributed by atoms with Crippen molar-refractivity contribution >= 4 is 52.1 Å². The molecule has 3 saturated heterocycles. The number of piperidine rings is 2. The summed E-state index contributed by atoms with van der Waals surface area (Å²) in [5.74, 6) is -1.00. The SMILES string of the molecule is Cc1nc2c(F)cc(-c3nc(Nc4ccc(CN5CCN(C(=O)C6CCN(c7ccc(C(=O)NC8CCC(=O)NC8=O)cc7)CC6)CC5)cn4)ncc3F)cc2n1C(C)C. The van der Waals surface area contributed by atoms with Crippen LogP contribution in [0, 0.1) is 24.5 Å². The van der Waals surface area contributed by atoms with Crippen LogP contribution in [-0.2, 0) is 20.9 Å². The molecule has 8 rings (SSSR count). The number of carbonyl (C=O) groups excluding carboxylic acids is 4. The molecule has 6 heterocycles. The Balaban J connectivity index is 0.795. The second kappa shape index (κ2) is 17.1. The number of rotatable bonds is 10. The highest BCUT2D eigenvalue weighted by atomic mass is 19.1. The number of piperazine rings is 1. The average Bonchev–Trinajstić information content (AvgIpc) is 3.60. The minimum absolute atomic E-state index is 0.0295. The van der Waals surface area contributed by atoms with Crippen LogP contribution in [0.1, 0.15) is 67.3 Å². The van der Waals surface area contributed by atoms with Crippen LogP contribution in [-0.4, -0.2) is 103 Å². The zero-order chi connectivity index (χ0) is 42.1. The van der Waals surface area contributed by atoms with Gasteiger partial charge in [0.25, 0.3) is 5.91 Å². The third kappa shape index (κ3) is 8.66. The fraction of sp³-hybridized carbons (Fsp3) is 0.395. The predicted octanol–water partition coefficient (Wildman–Crippen LogP) is 4.90. The molecule has 1 unspecified atom stereocenters. The Bertz CT molecular complexity index is 2420. The first kappa shape index (κ1) is 40.4. The van der Waals surface area contributed by atoms with Crippen molar-refractivity contribution in [3.63, 3.8) is 0 Å². The van der Waals surface area contributed by atoms with Gasteiger partial charge in [-0.05, 0) is 88.1 Å². The molecule has 0 saturated carbocycles. The summed E-state index contributed by atoms with van der Waals surface area (Å²) in [6, 6.07) is 13.2. The summed E-state index contributed by atoms with van der Waals surface area (Å²) in [5, 5.41) is 7.99. The molecule has 1 atom stereocenters. The normalized spacial score (nSPS) is 17.9. The Labute approximate surface area is 345 Å². The number of amides is 4. The number of carbonyl (C=O) groups is 4. The van der Waals surface area contributed by atoms with Gasteiger partial charge in [0.15, 0.2) is 11.6 Å². The van der Waals surface area contributed by atoms with Gasteiger partial charge >= 0.3 is 0 Å². The summed E-state index contributed by atoms with van der Waals surface area (Å²) in [4.78, 5) is 73.5. The van der Waals surface area contributed by atoms with E-state index in [4.69, 9.17) is 0 Å². The lowest BCUT2D eigenvalue weighted by atomic mass is 9.94. The lowest BCUT2D eigenvalue weighted by Gasteiger charge is -2.39. The molecule has 312 valence electrons. The summed E-state index contributed by atoms with van der Waals surface area (Å²) in [6.07, 6.45) is 4.78. The molecule has 60 heavy (non-hydrogen) atoms. The molecule has 5 aromatic rings. The van der Waals surface area contributed by atoms with E-state index in [9.17, 15) is 19.2 Å². The van der Waals surface area contributed by atoms with Crippen LogP contribution >= 0.6 is 0 Å². The van der Waals surface area contributed by atoms with E-state index in [1.807, 2.05) is 48.4 Å². The van der Waals surface area contributed by atoms with E-state index in [0.717, 1.165) is 56.5 Å². The van der Waals surface area contributed by atoms with Crippen molar-refractivity contribution in [3.05, 3.63) is 89.5 Å². The summed E-state index contributed by atoms with van der Waals surface area (Å²) < 4.78 is 32.1. The van der Waals surface area contributed by atoms with Crippen molar-refractivity contribution in [3.8, 4) is 11.3 Å². The highest BCUT2D eigenvalue weighted by Crippen LogP contribution is 2.31. The summed E-state index contributed by atoms with van der Waals surface area (Å²) in [6.45, 7) is 10.7. The Morgan fingerprint density at radius 2 is 1.63 bits per heavy atom. The van der Waals surface area contributed by atoms with E-state index < -0.39 is 23.6 Å². The minimum atomic E-state index is -0.730. The van der Waals surface area contributed by atoms with Gasteiger partial charge < -0.3 is 25.0 Å². The van der Waals surface area contributed by atoms with E-state index in [-0.39, 0.29) is 65.2 Å². The highest BCUT2D eigenvalue weighted by molar-refractivity contribution is 6.03. The third-order valence-corrected chi connectivity index (χ3v) is 11.5. The lowest BCUT2D eigenvalue weighted by Crippen LogP contribution is -2.52. The van der Waals surface area contributed by atoms with E-state index in [0.29, 0.717) is 42.4 Å². The predicted molar refractivity (Wildman–Crippen MR) is 220 cm³/mol. The maximum atomic E-state index is 15.1. The van der Waals surface area contributed by atoms with Gasteiger partial charge in [-0.1, -0.05) is 6.07 Å². The largest absolute Gasteiger partial charge is 0.371 e. The van der Waals surface area contributed by atoms with Gasteiger partial charge in [-0.25, -0.2) is 28.7 Å². The fourth-order valence-corrected chi connectivity index (χ4v) is 8.32. The fourth-order valence-electron chi connectivity index (χ4n) is 8.32. The number of nitrogens with zero attached hydrogens (tertiary/aromatic N) is 8. The van der Waals surface area contributed by atoms with Gasteiger partial charge in [0.2, 0.25) is 23.7 Å². The molecule has 3 aromatic heterocycles. The van der Waals surface area contributed by atoms with Crippen molar-refractivity contribution in [2.45, 2.75) is 65.1 Å².